The number of hydrogen-bond donors (Lipinski definition) is 3. The zero-order valence-electron chi connectivity index (χ0n) is 21.2. The van der Waals surface area contributed by atoms with Gasteiger partial charge in [0.1, 0.15) is 17.4 Å². The van der Waals surface area contributed by atoms with Gasteiger partial charge in [0.15, 0.2) is 5.65 Å². The predicted octanol–water partition coefficient (Wildman–Crippen LogP) is 5.49. The van der Waals surface area contributed by atoms with Crippen molar-refractivity contribution < 1.29 is 19.1 Å². The number of fused-ring (bicyclic) bond motifs is 2. The van der Waals surface area contributed by atoms with Crippen LogP contribution in [0.25, 0.3) is 27.7 Å². The van der Waals surface area contributed by atoms with E-state index in [9.17, 15) is 19.1 Å². The quantitative estimate of drug-likeness (QED) is 0.260. The number of benzene rings is 2. The Morgan fingerprint density at radius 3 is 2.62 bits per heavy atom. The number of H-pyrrole nitrogens is 1. The van der Waals surface area contributed by atoms with Gasteiger partial charge in [-0.05, 0) is 42.2 Å². The van der Waals surface area contributed by atoms with E-state index in [4.69, 9.17) is 0 Å². The zero-order chi connectivity index (χ0) is 26.9. The Morgan fingerprint density at radius 1 is 1.08 bits per heavy atom. The van der Waals surface area contributed by atoms with E-state index in [1.807, 2.05) is 24.3 Å². The van der Waals surface area contributed by atoms with Crippen molar-refractivity contribution in [2.24, 2.45) is 0 Å². The Kier molecular flexibility index (Phi) is 6.56. The number of nitrogens with zero attached hydrogens (tertiary/aromatic N) is 3. The van der Waals surface area contributed by atoms with E-state index >= 15 is 0 Å². The summed E-state index contributed by atoms with van der Waals surface area (Å²) in [5.41, 5.74) is 4.92. The van der Waals surface area contributed by atoms with Gasteiger partial charge in [0.25, 0.3) is 5.91 Å². The van der Waals surface area contributed by atoms with Crippen LogP contribution in [-0.2, 0) is 11.2 Å². The largest absolute Gasteiger partial charge is 0.480 e. The number of halogens is 1. The molecule has 0 radical (unpaired) electrons. The normalized spacial score (nSPS) is 15.0. The molecule has 1 fully saturated rings. The molecule has 0 bridgehead atoms. The fraction of sp³-hybridized carbons (Fsp3) is 0.267. The summed E-state index contributed by atoms with van der Waals surface area (Å²) in [7, 11) is 0. The summed E-state index contributed by atoms with van der Waals surface area (Å²) in [4.78, 5) is 33.2. The number of rotatable bonds is 7. The summed E-state index contributed by atoms with van der Waals surface area (Å²) in [5.74, 6) is -1.77. The van der Waals surface area contributed by atoms with Crippen LogP contribution in [0.5, 0.6) is 0 Å². The summed E-state index contributed by atoms with van der Waals surface area (Å²) in [6, 6.07) is 12.8. The predicted molar refractivity (Wildman–Crippen MR) is 145 cm³/mol. The number of carboxylic acids is 1. The maximum absolute atomic E-state index is 13.6. The van der Waals surface area contributed by atoms with Gasteiger partial charge in [-0.25, -0.2) is 18.7 Å². The second kappa shape index (κ2) is 10.3. The molecular weight excluding hydrogens is 497 g/mol. The minimum atomic E-state index is -1.14. The highest BCUT2D eigenvalue weighted by molar-refractivity contribution is 6.01. The maximum atomic E-state index is 13.6. The maximum Gasteiger partial charge on any atom is 0.326 e. The van der Waals surface area contributed by atoms with Gasteiger partial charge in [-0.1, -0.05) is 49.6 Å². The topological polar surface area (TPSA) is 112 Å². The van der Waals surface area contributed by atoms with E-state index in [-0.39, 0.29) is 23.7 Å². The standard InChI is InChI=1S/C30H28FN5O3/c31-21-12-10-18(11-13-21)23-16-33-28-24(17-34-36(28)27(23)19-6-2-1-3-7-19)29(37)35-26(30(38)39)14-20-15-32-25-9-5-4-8-22(20)25/h4-5,8-13,15-17,19,26,32H,1-3,6-7,14H2,(H,35,37)(H,38,39)/t26-/m0/s1. The molecule has 1 aliphatic rings. The first kappa shape index (κ1) is 24.8. The Bertz CT molecular complexity index is 1670. The van der Waals surface area contributed by atoms with E-state index in [0.29, 0.717) is 5.65 Å². The zero-order valence-corrected chi connectivity index (χ0v) is 21.2. The van der Waals surface area contributed by atoms with Gasteiger partial charge in [0, 0.05) is 41.2 Å². The molecule has 0 spiro atoms. The van der Waals surface area contributed by atoms with Crippen molar-refractivity contribution in [3.05, 3.63) is 89.8 Å². The Hall–Kier alpha value is -4.53. The van der Waals surface area contributed by atoms with Crippen molar-refractivity contribution in [2.45, 2.75) is 50.5 Å². The van der Waals surface area contributed by atoms with Gasteiger partial charge in [-0.15, -0.1) is 0 Å². The van der Waals surface area contributed by atoms with Crippen molar-refractivity contribution in [1.29, 1.82) is 0 Å². The smallest absolute Gasteiger partial charge is 0.326 e. The van der Waals surface area contributed by atoms with Crippen LogP contribution in [0, 0.1) is 5.82 Å². The summed E-state index contributed by atoms with van der Waals surface area (Å²) < 4.78 is 15.3. The number of aromatic nitrogens is 4. The van der Waals surface area contributed by atoms with Gasteiger partial charge in [0.2, 0.25) is 0 Å². The second-order valence-corrected chi connectivity index (χ2v) is 10.1. The first-order chi connectivity index (χ1) is 19.0. The Labute approximate surface area is 223 Å². The third-order valence-electron chi connectivity index (χ3n) is 7.66. The van der Waals surface area contributed by atoms with Crippen molar-refractivity contribution in [3.8, 4) is 11.1 Å². The Morgan fingerprint density at radius 2 is 1.85 bits per heavy atom. The van der Waals surface area contributed by atoms with Gasteiger partial charge >= 0.3 is 5.97 Å². The molecular formula is C30H28FN5O3. The molecule has 1 saturated carbocycles. The van der Waals surface area contributed by atoms with Crippen LogP contribution in [0.2, 0.25) is 0 Å². The van der Waals surface area contributed by atoms with Crippen molar-refractivity contribution in [3.63, 3.8) is 0 Å². The molecule has 1 amide bonds. The highest BCUT2D eigenvalue weighted by atomic mass is 19.1. The molecule has 0 saturated heterocycles. The SMILES string of the molecule is O=C(N[C@@H](Cc1c[nH]c2ccccc12)C(=O)O)c1cnn2c(C3CCCCC3)c(-c3ccc(F)cc3)cnc12. The summed E-state index contributed by atoms with van der Waals surface area (Å²) in [6.45, 7) is 0. The molecule has 0 aliphatic heterocycles. The van der Waals surface area contributed by atoms with Gasteiger partial charge < -0.3 is 15.4 Å². The number of carboxylic acid groups (broad SMARTS) is 1. The van der Waals surface area contributed by atoms with Crippen LogP contribution in [0.15, 0.2) is 67.1 Å². The summed E-state index contributed by atoms with van der Waals surface area (Å²) in [5, 5.41) is 18.1. The van der Waals surface area contributed by atoms with Crippen LogP contribution in [-0.4, -0.2) is 42.6 Å². The molecule has 39 heavy (non-hydrogen) atoms. The number of carbonyl (C=O) groups is 2. The fourth-order valence-electron chi connectivity index (χ4n) is 5.69. The first-order valence-electron chi connectivity index (χ1n) is 13.2. The van der Waals surface area contributed by atoms with Crippen molar-refractivity contribution in [2.75, 3.05) is 0 Å². The number of aromatic amines is 1. The molecule has 3 aromatic heterocycles. The van der Waals surface area contributed by atoms with E-state index in [1.165, 1.54) is 24.8 Å². The first-order valence-corrected chi connectivity index (χ1v) is 13.2. The molecule has 6 rings (SSSR count). The van der Waals surface area contributed by atoms with Crippen LogP contribution in [0.1, 0.15) is 59.6 Å². The number of hydrogen-bond acceptors (Lipinski definition) is 4. The summed E-state index contributed by atoms with van der Waals surface area (Å²) >= 11 is 0. The lowest BCUT2D eigenvalue weighted by molar-refractivity contribution is -0.139. The van der Waals surface area contributed by atoms with Gasteiger partial charge in [0.05, 0.1) is 11.9 Å². The minimum Gasteiger partial charge on any atom is -0.480 e. The molecule has 3 heterocycles. The number of amides is 1. The highest BCUT2D eigenvalue weighted by Crippen LogP contribution is 2.38. The molecule has 8 nitrogen and oxygen atoms in total. The number of nitrogens with one attached hydrogen (secondary N) is 2. The average molecular weight is 526 g/mol. The molecule has 2 aromatic carbocycles. The van der Waals surface area contributed by atoms with Gasteiger partial charge in [-0.2, -0.15) is 5.10 Å². The minimum absolute atomic E-state index is 0.125. The molecule has 0 unspecified atom stereocenters. The lowest BCUT2D eigenvalue weighted by Crippen LogP contribution is -2.42. The molecule has 1 aliphatic carbocycles. The van der Waals surface area contributed by atoms with Gasteiger partial charge in [-0.3, -0.25) is 4.79 Å². The lowest BCUT2D eigenvalue weighted by Gasteiger charge is -2.25. The molecule has 9 heteroatoms. The van der Waals surface area contributed by atoms with E-state index in [2.05, 4.69) is 20.4 Å². The molecule has 1 atom stereocenters. The molecule has 198 valence electrons. The third kappa shape index (κ3) is 4.76. The summed E-state index contributed by atoms with van der Waals surface area (Å²) in [6.07, 6.45) is 10.4. The van der Waals surface area contributed by atoms with Crippen LogP contribution < -0.4 is 5.32 Å². The number of para-hydroxylation sites is 1. The average Bonchev–Trinajstić information content (AvgIpc) is 3.57. The number of carbonyl (C=O) groups excluding carboxylic acids is 1. The van der Waals surface area contributed by atoms with E-state index in [0.717, 1.165) is 59.0 Å². The van der Waals surface area contributed by atoms with Crippen LogP contribution in [0.3, 0.4) is 0 Å². The second-order valence-electron chi connectivity index (χ2n) is 10.1. The lowest BCUT2D eigenvalue weighted by atomic mass is 9.84. The molecule has 5 aromatic rings. The van der Waals surface area contributed by atoms with Crippen molar-refractivity contribution >= 4 is 28.4 Å². The molecule has 3 N–H and O–H groups in total. The highest BCUT2D eigenvalue weighted by Gasteiger charge is 2.28. The van der Waals surface area contributed by atoms with Crippen molar-refractivity contribution in [1.82, 2.24) is 24.9 Å². The monoisotopic (exact) mass is 525 g/mol. The van der Waals surface area contributed by atoms with Crippen LogP contribution >= 0.6 is 0 Å². The van der Waals surface area contributed by atoms with E-state index < -0.39 is 17.9 Å². The number of aliphatic carboxylic acids is 1. The van der Waals surface area contributed by atoms with E-state index in [1.54, 1.807) is 29.0 Å². The fourth-order valence-corrected chi connectivity index (χ4v) is 5.69. The third-order valence-corrected chi connectivity index (χ3v) is 7.66. The van der Waals surface area contributed by atoms with Crippen LogP contribution in [0.4, 0.5) is 4.39 Å². The Balaban J connectivity index is 1.34.